The summed E-state index contributed by atoms with van der Waals surface area (Å²) in [5.41, 5.74) is 2.48. The molecule has 2 saturated carbocycles. The quantitative estimate of drug-likeness (QED) is 0.811. The Kier molecular flexibility index (Phi) is 4.42. The number of hydrogen-bond donors (Lipinski definition) is 2. The third-order valence-electron chi connectivity index (χ3n) is 5.04. The molecule has 4 nitrogen and oxygen atoms in total. The molecule has 1 amide bonds. The van der Waals surface area contributed by atoms with Crippen LogP contribution < -0.4 is 5.32 Å². The average Bonchev–Trinajstić information content (AvgIpc) is 3.40. The minimum atomic E-state index is -0.913. The SMILES string of the molecule is CC(C)c1ccc(C2CC2C(=O)NC(CC2CC2)C(=O)O)cc1. The first-order valence-electron chi connectivity index (χ1n) is 8.58. The molecule has 2 fully saturated rings. The van der Waals surface area contributed by atoms with Crippen LogP contribution in [0.2, 0.25) is 0 Å². The number of carbonyl (C=O) groups excluding carboxylic acids is 1. The zero-order valence-electron chi connectivity index (χ0n) is 13.8. The highest BCUT2D eigenvalue weighted by Gasteiger charge is 2.45. The molecular weight excluding hydrogens is 290 g/mol. The van der Waals surface area contributed by atoms with Crippen LogP contribution in [0.1, 0.15) is 62.5 Å². The first-order chi connectivity index (χ1) is 11.0. The van der Waals surface area contributed by atoms with Gasteiger partial charge in [0.05, 0.1) is 0 Å². The molecule has 3 atom stereocenters. The van der Waals surface area contributed by atoms with Gasteiger partial charge in [-0.25, -0.2) is 4.79 Å². The van der Waals surface area contributed by atoms with Crippen LogP contribution in [-0.2, 0) is 9.59 Å². The van der Waals surface area contributed by atoms with Crippen LogP contribution in [0.4, 0.5) is 0 Å². The van der Waals surface area contributed by atoms with Crippen molar-refractivity contribution >= 4 is 11.9 Å². The molecule has 2 aliphatic carbocycles. The number of aliphatic carboxylic acids is 1. The zero-order valence-corrected chi connectivity index (χ0v) is 13.8. The second-order valence-electron chi connectivity index (χ2n) is 7.35. The minimum absolute atomic E-state index is 0.0686. The fourth-order valence-electron chi connectivity index (χ4n) is 3.17. The summed E-state index contributed by atoms with van der Waals surface area (Å²) in [4.78, 5) is 23.6. The van der Waals surface area contributed by atoms with Crippen LogP contribution >= 0.6 is 0 Å². The predicted octanol–water partition coefficient (Wildman–Crippen LogP) is 3.28. The van der Waals surface area contributed by atoms with E-state index in [2.05, 4.69) is 43.4 Å². The zero-order chi connectivity index (χ0) is 16.6. The topological polar surface area (TPSA) is 66.4 Å². The van der Waals surface area contributed by atoms with Crippen LogP contribution in [-0.4, -0.2) is 23.0 Å². The van der Waals surface area contributed by atoms with Gasteiger partial charge in [0, 0.05) is 5.92 Å². The van der Waals surface area contributed by atoms with Crippen molar-refractivity contribution in [2.75, 3.05) is 0 Å². The number of benzene rings is 1. The van der Waals surface area contributed by atoms with Crippen molar-refractivity contribution in [1.29, 1.82) is 0 Å². The Morgan fingerprint density at radius 2 is 1.87 bits per heavy atom. The molecule has 0 bridgehead atoms. The number of amides is 1. The van der Waals surface area contributed by atoms with Crippen LogP contribution in [0.15, 0.2) is 24.3 Å². The lowest BCUT2D eigenvalue weighted by Gasteiger charge is -2.14. The molecule has 1 aromatic carbocycles. The summed E-state index contributed by atoms with van der Waals surface area (Å²) in [6, 6.07) is 7.73. The highest BCUT2D eigenvalue weighted by atomic mass is 16.4. The van der Waals surface area contributed by atoms with E-state index in [1.54, 1.807) is 0 Å². The Balaban J connectivity index is 1.56. The number of rotatable bonds is 7. The Morgan fingerprint density at radius 3 is 2.39 bits per heavy atom. The molecule has 3 unspecified atom stereocenters. The third-order valence-corrected chi connectivity index (χ3v) is 5.04. The van der Waals surface area contributed by atoms with Crippen molar-refractivity contribution in [3.63, 3.8) is 0 Å². The monoisotopic (exact) mass is 315 g/mol. The van der Waals surface area contributed by atoms with Gasteiger partial charge in [0.25, 0.3) is 0 Å². The number of hydrogen-bond acceptors (Lipinski definition) is 2. The molecule has 0 radical (unpaired) electrons. The van der Waals surface area contributed by atoms with E-state index in [0.29, 0.717) is 18.3 Å². The minimum Gasteiger partial charge on any atom is -0.480 e. The molecule has 0 aromatic heterocycles. The van der Waals surface area contributed by atoms with Gasteiger partial charge in [-0.3, -0.25) is 4.79 Å². The standard InChI is InChI=1S/C19H25NO3/c1-11(2)13-5-7-14(8-6-13)15-10-16(15)18(21)20-17(19(22)23)9-12-3-4-12/h5-8,11-12,15-17H,3-4,9-10H2,1-2H3,(H,20,21)(H,22,23). The van der Waals surface area contributed by atoms with Crippen molar-refractivity contribution in [3.05, 3.63) is 35.4 Å². The van der Waals surface area contributed by atoms with E-state index in [1.165, 1.54) is 11.1 Å². The first kappa shape index (κ1) is 16.0. The van der Waals surface area contributed by atoms with Crippen LogP contribution in [0.5, 0.6) is 0 Å². The summed E-state index contributed by atoms with van der Waals surface area (Å²) >= 11 is 0. The lowest BCUT2D eigenvalue weighted by molar-refractivity contribution is -0.142. The van der Waals surface area contributed by atoms with Gasteiger partial charge in [-0.05, 0) is 41.7 Å². The van der Waals surface area contributed by atoms with Crippen molar-refractivity contribution in [3.8, 4) is 0 Å². The van der Waals surface area contributed by atoms with Crippen LogP contribution in [0, 0.1) is 11.8 Å². The molecular formula is C19H25NO3. The van der Waals surface area contributed by atoms with E-state index in [0.717, 1.165) is 19.3 Å². The summed E-state index contributed by atoms with van der Waals surface area (Å²) < 4.78 is 0. The van der Waals surface area contributed by atoms with E-state index in [4.69, 9.17) is 0 Å². The van der Waals surface area contributed by atoms with Crippen molar-refractivity contribution in [2.24, 2.45) is 11.8 Å². The molecule has 0 aliphatic heterocycles. The molecule has 2 N–H and O–H groups in total. The smallest absolute Gasteiger partial charge is 0.326 e. The van der Waals surface area contributed by atoms with E-state index >= 15 is 0 Å². The van der Waals surface area contributed by atoms with Gasteiger partial charge in [0.1, 0.15) is 6.04 Å². The fourth-order valence-corrected chi connectivity index (χ4v) is 3.17. The maximum atomic E-state index is 12.3. The van der Waals surface area contributed by atoms with E-state index in [9.17, 15) is 14.7 Å². The average molecular weight is 315 g/mol. The lowest BCUT2D eigenvalue weighted by atomic mass is 10.00. The molecule has 4 heteroatoms. The Hall–Kier alpha value is -1.84. The van der Waals surface area contributed by atoms with Gasteiger partial charge in [0.2, 0.25) is 5.91 Å². The van der Waals surface area contributed by atoms with E-state index in [-0.39, 0.29) is 17.7 Å². The van der Waals surface area contributed by atoms with Gasteiger partial charge in [-0.1, -0.05) is 51.0 Å². The summed E-state index contributed by atoms with van der Waals surface area (Å²) in [5, 5.41) is 12.0. The highest BCUT2D eigenvalue weighted by molar-refractivity contribution is 5.87. The number of carboxylic acids is 1. The molecule has 3 rings (SSSR count). The summed E-state index contributed by atoms with van der Waals surface area (Å²) in [7, 11) is 0. The third kappa shape index (κ3) is 3.92. The molecule has 0 spiro atoms. The number of carboxylic acid groups (broad SMARTS) is 1. The molecule has 1 aromatic rings. The van der Waals surface area contributed by atoms with Gasteiger partial charge in [0.15, 0.2) is 0 Å². The van der Waals surface area contributed by atoms with Crippen molar-refractivity contribution in [1.82, 2.24) is 5.32 Å². The predicted molar refractivity (Wildman–Crippen MR) is 88.3 cm³/mol. The molecule has 0 saturated heterocycles. The molecule has 23 heavy (non-hydrogen) atoms. The summed E-state index contributed by atoms with van der Waals surface area (Å²) in [6.45, 7) is 4.32. The molecule has 124 valence electrons. The van der Waals surface area contributed by atoms with Gasteiger partial charge >= 0.3 is 5.97 Å². The maximum absolute atomic E-state index is 12.3. The molecule has 0 heterocycles. The van der Waals surface area contributed by atoms with Crippen LogP contribution in [0.3, 0.4) is 0 Å². The second-order valence-corrected chi connectivity index (χ2v) is 7.35. The normalized spacial score (nSPS) is 24.3. The van der Waals surface area contributed by atoms with Crippen LogP contribution in [0.25, 0.3) is 0 Å². The fraction of sp³-hybridized carbons (Fsp3) is 0.579. The second kappa shape index (κ2) is 6.34. The highest BCUT2D eigenvalue weighted by Crippen LogP contribution is 2.47. The Bertz CT molecular complexity index is 589. The van der Waals surface area contributed by atoms with Crippen molar-refractivity contribution in [2.45, 2.75) is 57.4 Å². The number of nitrogens with one attached hydrogen (secondary N) is 1. The first-order valence-corrected chi connectivity index (χ1v) is 8.58. The van der Waals surface area contributed by atoms with Crippen molar-refractivity contribution < 1.29 is 14.7 Å². The Morgan fingerprint density at radius 1 is 1.22 bits per heavy atom. The maximum Gasteiger partial charge on any atom is 0.326 e. The van der Waals surface area contributed by atoms with Gasteiger partial charge in [-0.2, -0.15) is 0 Å². The number of carbonyl (C=O) groups is 2. The largest absolute Gasteiger partial charge is 0.480 e. The van der Waals surface area contributed by atoms with E-state index < -0.39 is 12.0 Å². The summed E-state index contributed by atoms with van der Waals surface area (Å²) in [5.74, 6) is 0.142. The molecule has 2 aliphatic rings. The lowest BCUT2D eigenvalue weighted by Crippen LogP contribution is -2.42. The Labute approximate surface area is 137 Å². The van der Waals surface area contributed by atoms with Gasteiger partial charge in [-0.15, -0.1) is 0 Å². The van der Waals surface area contributed by atoms with Gasteiger partial charge < -0.3 is 10.4 Å². The summed E-state index contributed by atoms with van der Waals surface area (Å²) in [6.07, 6.45) is 3.58. The van der Waals surface area contributed by atoms with E-state index in [1.807, 2.05) is 0 Å².